The lowest BCUT2D eigenvalue weighted by Gasteiger charge is -2.33. The Hall–Kier alpha value is -2.04. The van der Waals surface area contributed by atoms with Crippen molar-refractivity contribution in [3.05, 3.63) is 29.3 Å². The van der Waals surface area contributed by atoms with E-state index in [2.05, 4.69) is 26.0 Å². The van der Waals surface area contributed by atoms with Crippen molar-refractivity contribution in [2.75, 3.05) is 32.8 Å². The molecule has 2 aliphatic heterocycles. The van der Waals surface area contributed by atoms with E-state index in [1.165, 1.54) is 0 Å². The molecule has 2 heterocycles. The zero-order chi connectivity index (χ0) is 19.4. The van der Waals surface area contributed by atoms with Gasteiger partial charge in [0.2, 0.25) is 5.91 Å². The molecule has 0 aromatic heterocycles. The van der Waals surface area contributed by atoms with Crippen molar-refractivity contribution < 1.29 is 14.3 Å². The van der Waals surface area contributed by atoms with Gasteiger partial charge in [0, 0.05) is 32.1 Å². The number of hydrogen-bond donors (Lipinski definition) is 0. The number of rotatable bonds is 5. The number of carbonyl (C=O) groups excluding carboxylic acids is 2. The normalized spacial score (nSPS) is 18.2. The lowest BCUT2D eigenvalue weighted by atomic mass is 9.95. The minimum atomic E-state index is 0.0123. The zero-order valence-electron chi connectivity index (χ0n) is 16.9. The van der Waals surface area contributed by atoms with Crippen LogP contribution in [-0.2, 0) is 9.59 Å². The van der Waals surface area contributed by atoms with Gasteiger partial charge in [0.05, 0.1) is 0 Å². The van der Waals surface area contributed by atoms with Crippen LogP contribution in [0.15, 0.2) is 18.2 Å². The fourth-order valence-corrected chi connectivity index (χ4v) is 4.05. The van der Waals surface area contributed by atoms with Gasteiger partial charge in [-0.05, 0) is 55.7 Å². The SMILES string of the molecule is Cc1ccc(C(C)C)c(OCC(=O)N2CCC(C(=O)N3CCCC3)CC2)c1. The Labute approximate surface area is 162 Å². The first-order valence-electron chi connectivity index (χ1n) is 10.3. The van der Waals surface area contributed by atoms with E-state index in [-0.39, 0.29) is 24.3 Å². The van der Waals surface area contributed by atoms with Crippen LogP contribution in [-0.4, -0.2) is 54.4 Å². The van der Waals surface area contributed by atoms with Gasteiger partial charge in [-0.15, -0.1) is 0 Å². The highest BCUT2D eigenvalue weighted by Gasteiger charge is 2.31. The van der Waals surface area contributed by atoms with Gasteiger partial charge in [-0.2, -0.15) is 0 Å². The summed E-state index contributed by atoms with van der Waals surface area (Å²) in [6.07, 6.45) is 3.78. The number of piperidine rings is 1. The van der Waals surface area contributed by atoms with Crippen LogP contribution in [0.5, 0.6) is 5.75 Å². The molecule has 2 saturated heterocycles. The number of nitrogens with zero attached hydrogens (tertiary/aromatic N) is 2. The smallest absolute Gasteiger partial charge is 0.260 e. The topological polar surface area (TPSA) is 49.9 Å². The van der Waals surface area contributed by atoms with Crippen LogP contribution in [0.25, 0.3) is 0 Å². The first-order valence-corrected chi connectivity index (χ1v) is 10.3. The van der Waals surface area contributed by atoms with Crippen molar-refractivity contribution in [1.29, 1.82) is 0 Å². The Morgan fingerprint density at radius 2 is 1.74 bits per heavy atom. The first-order chi connectivity index (χ1) is 13.0. The average Bonchev–Trinajstić information content (AvgIpc) is 3.20. The molecule has 3 rings (SSSR count). The number of ether oxygens (including phenoxy) is 1. The standard InChI is InChI=1S/C22H32N2O3/c1-16(2)19-7-6-17(3)14-20(19)27-15-21(25)23-12-8-18(9-13-23)22(26)24-10-4-5-11-24/h6-7,14,16,18H,4-5,8-13,15H2,1-3H3. The number of benzene rings is 1. The summed E-state index contributed by atoms with van der Waals surface area (Å²) >= 11 is 0. The van der Waals surface area contributed by atoms with Gasteiger partial charge < -0.3 is 14.5 Å². The molecule has 27 heavy (non-hydrogen) atoms. The van der Waals surface area contributed by atoms with E-state index in [1.54, 1.807) is 0 Å². The van der Waals surface area contributed by atoms with Crippen LogP contribution in [0.1, 0.15) is 56.6 Å². The second-order valence-electron chi connectivity index (χ2n) is 8.17. The van der Waals surface area contributed by atoms with Crippen LogP contribution in [0, 0.1) is 12.8 Å². The highest BCUT2D eigenvalue weighted by atomic mass is 16.5. The minimum absolute atomic E-state index is 0.0123. The van der Waals surface area contributed by atoms with Gasteiger partial charge in [-0.3, -0.25) is 9.59 Å². The summed E-state index contributed by atoms with van der Waals surface area (Å²) in [6.45, 7) is 9.45. The molecule has 148 valence electrons. The van der Waals surface area contributed by atoms with Crippen LogP contribution in [0.2, 0.25) is 0 Å². The number of carbonyl (C=O) groups is 2. The zero-order valence-corrected chi connectivity index (χ0v) is 16.9. The van der Waals surface area contributed by atoms with Crippen molar-refractivity contribution >= 4 is 11.8 Å². The van der Waals surface area contributed by atoms with Gasteiger partial charge in [0.1, 0.15) is 5.75 Å². The molecule has 0 N–H and O–H groups in total. The Kier molecular flexibility index (Phi) is 6.40. The molecular formula is C22H32N2O3. The van der Waals surface area contributed by atoms with Crippen LogP contribution in [0.4, 0.5) is 0 Å². The predicted molar refractivity (Wildman–Crippen MR) is 106 cm³/mol. The van der Waals surface area contributed by atoms with Gasteiger partial charge >= 0.3 is 0 Å². The highest BCUT2D eigenvalue weighted by molar-refractivity contribution is 5.81. The third kappa shape index (κ3) is 4.82. The van der Waals surface area contributed by atoms with Crippen molar-refractivity contribution in [3.63, 3.8) is 0 Å². The maximum atomic E-state index is 12.6. The van der Waals surface area contributed by atoms with Crippen LogP contribution in [0.3, 0.4) is 0 Å². The van der Waals surface area contributed by atoms with E-state index < -0.39 is 0 Å². The molecule has 1 aromatic rings. The first kappa shape index (κ1) is 19.7. The summed E-state index contributed by atoms with van der Waals surface area (Å²) < 4.78 is 5.88. The molecular weight excluding hydrogens is 340 g/mol. The predicted octanol–water partition coefficient (Wildman–Crippen LogP) is 3.36. The van der Waals surface area contributed by atoms with E-state index in [9.17, 15) is 9.59 Å². The summed E-state index contributed by atoms with van der Waals surface area (Å²) in [5.74, 6) is 1.54. The summed E-state index contributed by atoms with van der Waals surface area (Å²) in [5, 5.41) is 0. The maximum Gasteiger partial charge on any atom is 0.260 e. The molecule has 2 fully saturated rings. The molecule has 0 atom stereocenters. The second kappa shape index (κ2) is 8.77. The van der Waals surface area contributed by atoms with E-state index >= 15 is 0 Å². The van der Waals surface area contributed by atoms with Crippen molar-refractivity contribution in [3.8, 4) is 5.75 Å². The monoisotopic (exact) mass is 372 g/mol. The highest BCUT2D eigenvalue weighted by Crippen LogP contribution is 2.28. The fraction of sp³-hybridized carbons (Fsp3) is 0.636. The lowest BCUT2D eigenvalue weighted by molar-refractivity contribution is -0.140. The molecule has 0 aliphatic carbocycles. The number of amides is 2. The summed E-state index contributed by atoms with van der Waals surface area (Å²) in [4.78, 5) is 28.9. The Morgan fingerprint density at radius 3 is 2.37 bits per heavy atom. The third-order valence-electron chi connectivity index (χ3n) is 5.76. The summed E-state index contributed by atoms with van der Waals surface area (Å²) in [5.41, 5.74) is 2.26. The van der Waals surface area contributed by atoms with Crippen molar-refractivity contribution in [1.82, 2.24) is 9.80 Å². The quantitative estimate of drug-likeness (QED) is 0.796. The summed E-state index contributed by atoms with van der Waals surface area (Å²) in [7, 11) is 0. The molecule has 0 bridgehead atoms. The van der Waals surface area contributed by atoms with Gasteiger partial charge in [0.15, 0.2) is 6.61 Å². The van der Waals surface area contributed by atoms with E-state index in [0.29, 0.717) is 19.0 Å². The van der Waals surface area contributed by atoms with Gasteiger partial charge in [0.25, 0.3) is 5.91 Å². The molecule has 1 aromatic carbocycles. The lowest BCUT2D eigenvalue weighted by Crippen LogP contribution is -2.45. The Morgan fingerprint density at radius 1 is 1.07 bits per heavy atom. The van der Waals surface area contributed by atoms with E-state index in [4.69, 9.17) is 4.74 Å². The molecule has 0 saturated carbocycles. The molecule has 0 unspecified atom stereocenters. The summed E-state index contributed by atoms with van der Waals surface area (Å²) in [6, 6.07) is 6.16. The Bertz CT molecular complexity index is 672. The fourth-order valence-electron chi connectivity index (χ4n) is 4.05. The largest absolute Gasteiger partial charge is 0.483 e. The second-order valence-corrected chi connectivity index (χ2v) is 8.17. The number of hydrogen-bond acceptors (Lipinski definition) is 3. The number of aryl methyl sites for hydroxylation is 1. The van der Waals surface area contributed by atoms with Crippen LogP contribution >= 0.6 is 0 Å². The molecule has 2 amide bonds. The maximum absolute atomic E-state index is 12.6. The minimum Gasteiger partial charge on any atom is -0.483 e. The molecule has 5 nitrogen and oxygen atoms in total. The van der Waals surface area contributed by atoms with E-state index in [0.717, 1.165) is 55.6 Å². The molecule has 0 spiro atoms. The van der Waals surface area contributed by atoms with Crippen molar-refractivity contribution in [2.45, 2.75) is 52.4 Å². The Balaban J connectivity index is 1.50. The van der Waals surface area contributed by atoms with Crippen molar-refractivity contribution in [2.24, 2.45) is 5.92 Å². The molecule has 2 aliphatic rings. The average molecular weight is 373 g/mol. The third-order valence-corrected chi connectivity index (χ3v) is 5.76. The van der Waals surface area contributed by atoms with Gasteiger partial charge in [-0.25, -0.2) is 0 Å². The van der Waals surface area contributed by atoms with Gasteiger partial charge in [-0.1, -0.05) is 26.0 Å². The van der Waals surface area contributed by atoms with E-state index in [1.807, 2.05) is 22.8 Å². The molecule has 0 radical (unpaired) electrons. The number of likely N-dealkylation sites (tertiary alicyclic amines) is 2. The molecule has 5 heteroatoms. The van der Waals surface area contributed by atoms with Crippen LogP contribution < -0.4 is 4.74 Å².